The molecule has 1 heterocycles. The Morgan fingerprint density at radius 1 is 1.43 bits per heavy atom. The van der Waals surface area contributed by atoms with Crippen LogP contribution >= 0.6 is 23.1 Å². The first-order valence-corrected chi connectivity index (χ1v) is 6.56. The molecule has 0 saturated heterocycles. The van der Waals surface area contributed by atoms with Crippen LogP contribution in [0.2, 0.25) is 0 Å². The summed E-state index contributed by atoms with van der Waals surface area (Å²) < 4.78 is 15.9. The molecule has 0 saturated carbocycles. The maximum atomic E-state index is 13.6. The molecule has 2 aromatic rings. The Morgan fingerprint density at radius 3 is 2.86 bits per heavy atom. The molecule has 0 radical (unpaired) electrons. The number of thioether (sulfide) groups is 1. The van der Waals surface area contributed by atoms with Gasteiger partial charge in [-0.25, -0.2) is 4.39 Å². The Morgan fingerprint density at radius 2 is 2.21 bits per heavy atom. The van der Waals surface area contributed by atoms with Crippen LogP contribution in [-0.2, 0) is 6.42 Å². The number of aryl methyl sites for hydroxylation is 1. The van der Waals surface area contributed by atoms with Crippen LogP contribution in [0.1, 0.15) is 12.5 Å². The smallest absolute Gasteiger partial charge is 0.132 e. The molecule has 0 atom stereocenters. The molecule has 1 aromatic heterocycles. The van der Waals surface area contributed by atoms with Gasteiger partial charge in [-0.05, 0) is 30.4 Å². The number of rotatable bonds is 2. The quantitative estimate of drug-likeness (QED) is 0.687. The van der Waals surface area contributed by atoms with E-state index >= 15 is 0 Å². The molecule has 0 aliphatic carbocycles. The van der Waals surface area contributed by atoms with Gasteiger partial charge in [0.2, 0.25) is 0 Å². The van der Waals surface area contributed by atoms with Gasteiger partial charge in [0, 0.05) is 10.1 Å². The predicted molar refractivity (Wildman–Crippen MR) is 62.9 cm³/mol. The first-order chi connectivity index (χ1) is 6.77. The van der Waals surface area contributed by atoms with Crippen molar-refractivity contribution >= 4 is 33.2 Å². The van der Waals surface area contributed by atoms with E-state index < -0.39 is 0 Å². The van der Waals surface area contributed by atoms with E-state index in [1.165, 1.54) is 4.21 Å². The highest BCUT2D eigenvalue weighted by atomic mass is 32.2. The summed E-state index contributed by atoms with van der Waals surface area (Å²) in [4.78, 5) is 0. The lowest BCUT2D eigenvalue weighted by atomic mass is 10.1. The van der Waals surface area contributed by atoms with Gasteiger partial charge in [-0.3, -0.25) is 0 Å². The van der Waals surface area contributed by atoms with Gasteiger partial charge in [0.25, 0.3) is 0 Å². The van der Waals surface area contributed by atoms with Crippen molar-refractivity contribution in [3.8, 4) is 0 Å². The monoisotopic (exact) mass is 226 g/mol. The van der Waals surface area contributed by atoms with Crippen molar-refractivity contribution in [3.63, 3.8) is 0 Å². The summed E-state index contributed by atoms with van der Waals surface area (Å²) in [6, 6.07) is 5.30. The fourth-order valence-corrected chi connectivity index (χ4v) is 3.77. The summed E-state index contributed by atoms with van der Waals surface area (Å²) in [5.41, 5.74) is 1.16. The molecule has 0 spiro atoms. The molecular formula is C11H11FS2. The zero-order chi connectivity index (χ0) is 10.1. The van der Waals surface area contributed by atoms with Crippen LogP contribution in [0.15, 0.2) is 22.4 Å². The van der Waals surface area contributed by atoms with Crippen LogP contribution < -0.4 is 0 Å². The lowest BCUT2D eigenvalue weighted by Crippen LogP contribution is -1.82. The Bertz CT molecular complexity index is 460. The molecule has 0 nitrogen and oxygen atoms in total. The maximum absolute atomic E-state index is 13.6. The molecule has 0 bridgehead atoms. The summed E-state index contributed by atoms with van der Waals surface area (Å²) >= 11 is 3.39. The molecule has 0 amide bonds. The van der Waals surface area contributed by atoms with E-state index in [1.54, 1.807) is 35.2 Å². The van der Waals surface area contributed by atoms with Crippen LogP contribution in [0.25, 0.3) is 10.1 Å². The Hall–Kier alpha value is -0.540. The number of fused-ring (bicyclic) bond motifs is 1. The highest BCUT2D eigenvalue weighted by Gasteiger charge is 2.12. The standard InChI is InChI=1S/C11H11FS2/c1-3-7-10-8(12)5-4-6-9(10)14-11(7)13-2/h4-6H,3H2,1-2H3. The second kappa shape index (κ2) is 3.91. The summed E-state index contributed by atoms with van der Waals surface area (Å²) in [5, 5.41) is 0.823. The number of benzene rings is 1. The highest BCUT2D eigenvalue weighted by Crippen LogP contribution is 2.38. The molecule has 0 aliphatic heterocycles. The molecule has 3 heteroatoms. The van der Waals surface area contributed by atoms with Gasteiger partial charge in [-0.2, -0.15) is 0 Å². The van der Waals surface area contributed by atoms with Gasteiger partial charge in [0.15, 0.2) is 0 Å². The molecular weight excluding hydrogens is 215 g/mol. The van der Waals surface area contributed by atoms with Gasteiger partial charge >= 0.3 is 0 Å². The summed E-state index contributed by atoms with van der Waals surface area (Å²) in [7, 11) is 0. The van der Waals surface area contributed by atoms with Gasteiger partial charge in [-0.1, -0.05) is 13.0 Å². The second-order valence-corrected chi connectivity index (χ2v) is 5.17. The Balaban J connectivity index is 2.81. The molecule has 2 rings (SSSR count). The zero-order valence-electron chi connectivity index (χ0n) is 8.13. The van der Waals surface area contributed by atoms with Crippen molar-refractivity contribution in [2.75, 3.05) is 6.26 Å². The van der Waals surface area contributed by atoms with E-state index in [-0.39, 0.29) is 5.82 Å². The van der Waals surface area contributed by atoms with Crippen molar-refractivity contribution in [3.05, 3.63) is 29.6 Å². The summed E-state index contributed by atoms with van der Waals surface area (Å²) in [5.74, 6) is -0.0871. The fourth-order valence-electron chi connectivity index (χ4n) is 1.63. The minimum Gasteiger partial charge on any atom is -0.206 e. The van der Waals surface area contributed by atoms with Gasteiger partial charge in [0.05, 0.1) is 4.21 Å². The second-order valence-electron chi connectivity index (χ2n) is 3.04. The topological polar surface area (TPSA) is 0 Å². The average Bonchev–Trinajstić information content (AvgIpc) is 2.56. The average molecular weight is 226 g/mol. The van der Waals surface area contributed by atoms with E-state index in [4.69, 9.17) is 0 Å². The lowest BCUT2D eigenvalue weighted by Gasteiger charge is -1.98. The number of halogens is 1. The Kier molecular flexibility index (Phi) is 2.79. The molecule has 0 aliphatic rings. The van der Waals surface area contributed by atoms with Crippen LogP contribution in [0.3, 0.4) is 0 Å². The minimum absolute atomic E-state index is 0.0871. The summed E-state index contributed by atoms with van der Waals surface area (Å²) in [6.07, 6.45) is 2.94. The van der Waals surface area contributed by atoms with Crippen LogP contribution in [0.4, 0.5) is 4.39 Å². The fraction of sp³-hybridized carbons (Fsp3) is 0.273. The predicted octanol–water partition coefficient (Wildman–Crippen LogP) is 4.32. The van der Waals surface area contributed by atoms with Crippen LogP contribution in [-0.4, -0.2) is 6.26 Å². The summed E-state index contributed by atoms with van der Waals surface area (Å²) in [6.45, 7) is 2.08. The number of thiophene rings is 1. The van der Waals surface area contributed by atoms with E-state index in [0.717, 1.165) is 22.1 Å². The lowest BCUT2D eigenvalue weighted by molar-refractivity contribution is 0.639. The van der Waals surface area contributed by atoms with Crippen molar-refractivity contribution in [2.24, 2.45) is 0 Å². The van der Waals surface area contributed by atoms with E-state index in [2.05, 4.69) is 6.92 Å². The van der Waals surface area contributed by atoms with Crippen molar-refractivity contribution in [1.82, 2.24) is 0 Å². The third-order valence-electron chi connectivity index (χ3n) is 2.27. The molecule has 0 fully saturated rings. The first-order valence-electron chi connectivity index (χ1n) is 4.51. The van der Waals surface area contributed by atoms with Crippen LogP contribution in [0.5, 0.6) is 0 Å². The molecule has 74 valence electrons. The molecule has 0 unspecified atom stereocenters. The SMILES string of the molecule is CCc1c(SC)sc2cccc(F)c12. The van der Waals surface area contributed by atoms with Crippen LogP contribution in [0, 0.1) is 5.82 Å². The van der Waals surface area contributed by atoms with Gasteiger partial charge < -0.3 is 0 Å². The minimum atomic E-state index is -0.0871. The van der Waals surface area contributed by atoms with E-state index in [9.17, 15) is 4.39 Å². The third-order valence-corrected chi connectivity index (χ3v) is 4.62. The van der Waals surface area contributed by atoms with E-state index in [1.807, 2.05) is 12.3 Å². The molecule has 1 aromatic carbocycles. The van der Waals surface area contributed by atoms with Crippen molar-refractivity contribution < 1.29 is 4.39 Å². The third kappa shape index (κ3) is 1.44. The normalized spacial score (nSPS) is 11.1. The van der Waals surface area contributed by atoms with Gasteiger partial charge in [-0.15, -0.1) is 23.1 Å². The van der Waals surface area contributed by atoms with Crippen molar-refractivity contribution in [1.29, 1.82) is 0 Å². The highest BCUT2D eigenvalue weighted by molar-refractivity contribution is 8.00. The first kappa shape index (κ1) is 9.99. The van der Waals surface area contributed by atoms with Crippen molar-refractivity contribution in [2.45, 2.75) is 17.6 Å². The number of hydrogen-bond acceptors (Lipinski definition) is 2. The van der Waals surface area contributed by atoms with E-state index in [0.29, 0.717) is 0 Å². The molecule has 0 N–H and O–H groups in total. The zero-order valence-corrected chi connectivity index (χ0v) is 9.77. The number of hydrogen-bond donors (Lipinski definition) is 0. The maximum Gasteiger partial charge on any atom is 0.132 e. The Labute approximate surface area is 91.1 Å². The van der Waals surface area contributed by atoms with Gasteiger partial charge in [0.1, 0.15) is 5.82 Å². The largest absolute Gasteiger partial charge is 0.206 e. The molecule has 14 heavy (non-hydrogen) atoms.